The molecule has 0 saturated heterocycles. The summed E-state index contributed by atoms with van der Waals surface area (Å²) in [5.74, 6) is 0.577. The third kappa shape index (κ3) is 3.85. The van der Waals surface area contributed by atoms with E-state index in [2.05, 4.69) is 17.2 Å². The lowest BCUT2D eigenvalue weighted by molar-refractivity contribution is -0.139. The van der Waals surface area contributed by atoms with Gasteiger partial charge in [-0.15, -0.1) is 0 Å². The van der Waals surface area contributed by atoms with Crippen LogP contribution in [-0.4, -0.2) is 29.7 Å². The first-order valence-electron chi connectivity index (χ1n) is 8.51. The molecule has 2 aromatic rings. The standard InChI is InChI=1S/C19H26N2O3/c1-5-13-23-16-11-10-15(14-9-8-12-20-17(14)16)21-18(22)19(4,6-2)24-7-3/h8-12H,5-7,13H2,1-4H3,(H,21,22). The second kappa shape index (κ2) is 8.11. The normalized spacial score (nSPS) is 13.5. The zero-order valence-corrected chi connectivity index (χ0v) is 14.9. The lowest BCUT2D eigenvalue weighted by atomic mass is 10.0. The monoisotopic (exact) mass is 330 g/mol. The predicted molar refractivity (Wildman–Crippen MR) is 96.5 cm³/mol. The Labute approximate surface area is 143 Å². The third-order valence-corrected chi connectivity index (χ3v) is 4.06. The van der Waals surface area contributed by atoms with Gasteiger partial charge in [0.15, 0.2) is 0 Å². The van der Waals surface area contributed by atoms with Crippen LogP contribution in [0.2, 0.25) is 0 Å². The molecule has 1 aromatic heterocycles. The van der Waals surface area contributed by atoms with Gasteiger partial charge >= 0.3 is 0 Å². The van der Waals surface area contributed by atoms with Crippen molar-refractivity contribution in [1.29, 1.82) is 0 Å². The average Bonchev–Trinajstić information content (AvgIpc) is 2.61. The summed E-state index contributed by atoms with van der Waals surface area (Å²) in [4.78, 5) is 17.1. The molecule has 0 aliphatic carbocycles. The molecule has 1 aromatic carbocycles. The summed E-state index contributed by atoms with van der Waals surface area (Å²) in [7, 11) is 0. The van der Waals surface area contributed by atoms with Gasteiger partial charge in [0.05, 0.1) is 12.3 Å². The van der Waals surface area contributed by atoms with Crippen molar-refractivity contribution in [1.82, 2.24) is 4.98 Å². The molecule has 1 heterocycles. The number of hydrogen-bond acceptors (Lipinski definition) is 4. The maximum atomic E-state index is 12.7. The highest BCUT2D eigenvalue weighted by Gasteiger charge is 2.32. The van der Waals surface area contributed by atoms with E-state index in [9.17, 15) is 4.79 Å². The van der Waals surface area contributed by atoms with Crippen molar-refractivity contribution in [3.8, 4) is 5.75 Å². The van der Waals surface area contributed by atoms with E-state index in [0.717, 1.165) is 23.1 Å². The minimum absolute atomic E-state index is 0.153. The van der Waals surface area contributed by atoms with E-state index in [4.69, 9.17) is 9.47 Å². The van der Waals surface area contributed by atoms with Crippen molar-refractivity contribution < 1.29 is 14.3 Å². The Morgan fingerprint density at radius 2 is 2.04 bits per heavy atom. The van der Waals surface area contributed by atoms with Gasteiger partial charge in [0, 0.05) is 18.2 Å². The number of anilines is 1. The smallest absolute Gasteiger partial charge is 0.256 e. The molecular weight excluding hydrogens is 304 g/mol. The van der Waals surface area contributed by atoms with Crippen LogP contribution in [0, 0.1) is 0 Å². The van der Waals surface area contributed by atoms with Gasteiger partial charge in [0.1, 0.15) is 16.9 Å². The summed E-state index contributed by atoms with van der Waals surface area (Å²) >= 11 is 0. The number of hydrogen-bond donors (Lipinski definition) is 1. The van der Waals surface area contributed by atoms with Crippen LogP contribution in [0.3, 0.4) is 0 Å². The van der Waals surface area contributed by atoms with Crippen LogP contribution in [0.1, 0.15) is 40.5 Å². The number of ether oxygens (including phenoxy) is 2. The molecule has 0 spiro atoms. The number of fused-ring (bicyclic) bond motifs is 1. The molecule has 2 rings (SSSR count). The van der Waals surface area contributed by atoms with Crippen LogP contribution in [0.25, 0.3) is 10.9 Å². The van der Waals surface area contributed by atoms with Gasteiger partial charge in [0.25, 0.3) is 5.91 Å². The summed E-state index contributed by atoms with van der Waals surface area (Å²) in [6, 6.07) is 7.49. The van der Waals surface area contributed by atoms with Crippen molar-refractivity contribution in [2.45, 2.75) is 46.1 Å². The first-order valence-corrected chi connectivity index (χ1v) is 8.51. The van der Waals surface area contributed by atoms with Gasteiger partial charge in [-0.3, -0.25) is 9.78 Å². The van der Waals surface area contributed by atoms with Crippen molar-refractivity contribution in [3.05, 3.63) is 30.5 Å². The average molecular weight is 330 g/mol. The van der Waals surface area contributed by atoms with Gasteiger partial charge in [-0.25, -0.2) is 0 Å². The van der Waals surface area contributed by atoms with Crippen LogP contribution in [0.15, 0.2) is 30.5 Å². The summed E-state index contributed by atoms with van der Waals surface area (Å²) in [6.45, 7) is 8.82. The number of carbonyl (C=O) groups is 1. The number of pyridine rings is 1. The molecule has 130 valence electrons. The van der Waals surface area contributed by atoms with Gasteiger partial charge < -0.3 is 14.8 Å². The maximum absolute atomic E-state index is 12.7. The molecule has 0 fully saturated rings. The van der Waals surface area contributed by atoms with Gasteiger partial charge in [0.2, 0.25) is 0 Å². The SMILES string of the molecule is CCCOc1ccc(NC(=O)C(C)(CC)OCC)c2cccnc12. The first kappa shape index (κ1) is 18.2. The highest BCUT2D eigenvalue weighted by atomic mass is 16.5. The Bertz CT molecular complexity index is 702. The minimum Gasteiger partial charge on any atom is -0.491 e. The van der Waals surface area contributed by atoms with Crippen LogP contribution >= 0.6 is 0 Å². The summed E-state index contributed by atoms with van der Waals surface area (Å²) < 4.78 is 11.4. The summed E-state index contributed by atoms with van der Waals surface area (Å²) in [5, 5.41) is 3.84. The Kier molecular flexibility index (Phi) is 6.15. The molecule has 1 atom stereocenters. The molecule has 0 aliphatic rings. The van der Waals surface area contributed by atoms with E-state index >= 15 is 0 Å². The quantitative estimate of drug-likeness (QED) is 0.789. The van der Waals surface area contributed by atoms with E-state index in [1.54, 1.807) is 6.20 Å². The molecule has 1 amide bonds. The van der Waals surface area contributed by atoms with Crippen molar-refractivity contribution in [2.75, 3.05) is 18.5 Å². The number of nitrogens with zero attached hydrogens (tertiary/aromatic N) is 1. The highest BCUT2D eigenvalue weighted by Crippen LogP contribution is 2.31. The number of rotatable bonds is 8. The molecule has 5 nitrogen and oxygen atoms in total. The Morgan fingerprint density at radius 1 is 1.25 bits per heavy atom. The van der Waals surface area contributed by atoms with E-state index in [1.165, 1.54) is 0 Å². The van der Waals surface area contributed by atoms with Gasteiger partial charge in [-0.1, -0.05) is 13.8 Å². The number of carbonyl (C=O) groups excluding carboxylic acids is 1. The first-order chi connectivity index (χ1) is 11.6. The second-order valence-corrected chi connectivity index (χ2v) is 5.83. The number of amides is 1. The van der Waals surface area contributed by atoms with Crippen LogP contribution in [-0.2, 0) is 9.53 Å². The molecule has 1 N–H and O–H groups in total. The molecule has 0 saturated carbocycles. The molecule has 0 radical (unpaired) electrons. The van der Waals surface area contributed by atoms with Crippen LogP contribution in [0.4, 0.5) is 5.69 Å². The van der Waals surface area contributed by atoms with E-state index in [0.29, 0.717) is 25.3 Å². The molecular formula is C19H26N2O3. The number of benzene rings is 1. The van der Waals surface area contributed by atoms with E-state index in [-0.39, 0.29) is 5.91 Å². The van der Waals surface area contributed by atoms with Crippen LogP contribution in [0.5, 0.6) is 5.75 Å². The Balaban J connectivity index is 2.35. The predicted octanol–water partition coefficient (Wildman–Crippen LogP) is 4.17. The molecule has 0 bridgehead atoms. The minimum atomic E-state index is -0.847. The third-order valence-electron chi connectivity index (χ3n) is 4.06. The van der Waals surface area contributed by atoms with Gasteiger partial charge in [-0.2, -0.15) is 0 Å². The fourth-order valence-corrected chi connectivity index (χ4v) is 2.49. The zero-order chi connectivity index (χ0) is 17.6. The van der Waals surface area contributed by atoms with Gasteiger partial charge in [-0.05, 0) is 51.0 Å². The molecule has 5 heteroatoms. The Morgan fingerprint density at radius 3 is 2.71 bits per heavy atom. The lowest BCUT2D eigenvalue weighted by Gasteiger charge is -2.27. The second-order valence-electron chi connectivity index (χ2n) is 5.83. The van der Waals surface area contributed by atoms with E-state index < -0.39 is 5.60 Å². The zero-order valence-electron chi connectivity index (χ0n) is 14.9. The van der Waals surface area contributed by atoms with Crippen LogP contribution < -0.4 is 10.1 Å². The molecule has 1 unspecified atom stereocenters. The Hall–Kier alpha value is -2.14. The fourth-order valence-electron chi connectivity index (χ4n) is 2.49. The largest absolute Gasteiger partial charge is 0.491 e. The maximum Gasteiger partial charge on any atom is 0.256 e. The highest BCUT2D eigenvalue weighted by molar-refractivity contribution is 6.05. The topological polar surface area (TPSA) is 60.5 Å². The number of aromatic nitrogens is 1. The fraction of sp³-hybridized carbons (Fsp3) is 0.474. The van der Waals surface area contributed by atoms with Crippen molar-refractivity contribution in [3.63, 3.8) is 0 Å². The molecule has 0 aliphatic heterocycles. The summed E-state index contributed by atoms with van der Waals surface area (Å²) in [5.41, 5.74) is 0.616. The summed E-state index contributed by atoms with van der Waals surface area (Å²) in [6.07, 6.45) is 3.25. The van der Waals surface area contributed by atoms with E-state index in [1.807, 2.05) is 45.0 Å². The van der Waals surface area contributed by atoms with Crippen molar-refractivity contribution in [2.24, 2.45) is 0 Å². The molecule has 24 heavy (non-hydrogen) atoms. The van der Waals surface area contributed by atoms with Crippen molar-refractivity contribution >= 4 is 22.5 Å². The number of nitrogens with one attached hydrogen (secondary N) is 1. The lowest BCUT2D eigenvalue weighted by Crippen LogP contribution is -2.42.